The lowest BCUT2D eigenvalue weighted by Crippen LogP contribution is -2.10. The van der Waals surface area contributed by atoms with Gasteiger partial charge >= 0.3 is 0 Å². The van der Waals surface area contributed by atoms with Crippen molar-refractivity contribution in [3.63, 3.8) is 0 Å². The normalized spacial score (nSPS) is 19.9. The summed E-state index contributed by atoms with van der Waals surface area (Å²) in [7, 11) is 1.66. The van der Waals surface area contributed by atoms with Crippen molar-refractivity contribution < 1.29 is 9.84 Å². The third-order valence-electron chi connectivity index (χ3n) is 3.09. The van der Waals surface area contributed by atoms with Crippen LogP contribution in [-0.4, -0.2) is 18.3 Å². The highest BCUT2D eigenvalue weighted by molar-refractivity contribution is 6.30. The molecule has 92 valence electrons. The van der Waals surface area contributed by atoms with E-state index in [-0.39, 0.29) is 6.10 Å². The number of halogens is 1. The van der Waals surface area contributed by atoms with Crippen LogP contribution in [0.25, 0.3) is 0 Å². The van der Waals surface area contributed by atoms with Gasteiger partial charge in [0.15, 0.2) is 0 Å². The Kier molecular flexibility index (Phi) is 4.08. The molecule has 0 amide bonds. The first-order chi connectivity index (χ1) is 8.19. The molecule has 0 aliphatic heterocycles. The number of ether oxygens (including phenoxy) is 1. The minimum absolute atomic E-state index is 0.288. The Morgan fingerprint density at radius 1 is 1.47 bits per heavy atom. The largest absolute Gasteiger partial charge is 0.496 e. The fraction of sp³-hybridized carbons (Fsp3) is 0.429. The Hall–Kier alpha value is -0.990. The minimum Gasteiger partial charge on any atom is -0.496 e. The highest BCUT2D eigenvalue weighted by Crippen LogP contribution is 2.28. The van der Waals surface area contributed by atoms with Crippen LogP contribution in [0.3, 0.4) is 0 Å². The maximum atomic E-state index is 9.60. The summed E-state index contributed by atoms with van der Waals surface area (Å²) in [5, 5.41) is 10.3. The standard InChI is InChI=1S/C14H17ClO2/c1-17-14-6-5-12(15)9-11(14)7-10-3-2-4-13(16)8-10/h5-6,8-9,13,16H,2-4,7H2,1H3. The van der Waals surface area contributed by atoms with Crippen LogP contribution in [0.5, 0.6) is 5.75 Å². The van der Waals surface area contributed by atoms with Gasteiger partial charge in [-0.2, -0.15) is 0 Å². The zero-order valence-corrected chi connectivity index (χ0v) is 10.7. The van der Waals surface area contributed by atoms with Crippen LogP contribution in [0.4, 0.5) is 0 Å². The van der Waals surface area contributed by atoms with E-state index in [0.717, 1.165) is 42.0 Å². The summed E-state index contributed by atoms with van der Waals surface area (Å²) in [5.74, 6) is 0.857. The number of methoxy groups -OCH3 is 1. The molecule has 0 aromatic heterocycles. The molecule has 0 saturated carbocycles. The lowest BCUT2D eigenvalue weighted by Gasteiger charge is -2.18. The molecular weight excluding hydrogens is 236 g/mol. The van der Waals surface area contributed by atoms with Gasteiger partial charge in [-0.1, -0.05) is 23.3 Å². The number of aliphatic hydroxyl groups excluding tert-OH is 1. The van der Waals surface area contributed by atoms with Crippen LogP contribution in [-0.2, 0) is 6.42 Å². The van der Waals surface area contributed by atoms with E-state index >= 15 is 0 Å². The lowest BCUT2D eigenvalue weighted by molar-refractivity contribution is 0.202. The number of hydrogen-bond donors (Lipinski definition) is 1. The quantitative estimate of drug-likeness (QED) is 0.836. The minimum atomic E-state index is -0.288. The summed E-state index contributed by atoms with van der Waals surface area (Å²) in [4.78, 5) is 0. The number of hydrogen-bond acceptors (Lipinski definition) is 2. The van der Waals surface area contributed by atoms with Gasteiger partial charge < -0.3 is 9.84 Å². The first kappa shape index (κ1) is 12.5. The Morgan fingerprint density at radius 3 is 3.00 bits per heavy atom. The summed E-state index contributed by atoms with van der Waals surface area (Å²) >= 11 is 6.00. The van der Waals surface area contributed by atoms with Crippen molar-refractivity contribution >= 4 is 11.6 Å². The first-order valence-corrected chi connectivity index (χ1v) is 6.27. The van der Waals surface area contributed by atoms with Gasteiger partial charge in [-0.15, -0.1) is 0 Å². The van der Waals surface area contributed by atoms with Gasteiger partial charge in [-0.3, -0.25) is 0 Å². The highest BCUT2D eigenvalue weighted by atomic mass is 35.5. The van der Waals surface area contributed by atoms with Gasteiger partial charge in [-0.05, 0) is 49.4 Å². The molecule has 0 bridgehead atoms. The maximum absolute atomic E-state index is 9.60. The van der Waals surface area contributed by atoms with E-state index in [1.54, 1.807) is 7.11 Å². The summed E-state index contributed by atoms with van der Waals surface area (Å²) in [6.45, 7) is 0. The molecule has 0 heterocycles. The molecule has 1 unspecified atom stereocenters. The molecule has 2 nitrogen and oxygen atoms in total. The Labute approximate surface area is 107 Å². The van der Waals surface area contributed by atoms with E-state index in [4.69, 9.17) is 16.3 Å². The van der Waals surface area contributed by atoms with Crippen LogP contribution in [0.1, 0.15) is 24.8 Å². The van der Waals surface area contributed by atoms with Gasteiger partial charge in [-0.25, -0.2) is 0 Å². The van der Waals surface area contributed by atoms with E-state index in [1.807, 2.05) is 24.3 Å². The zero-order chi connectivity index (χ0) is 12.3. The van der Waals surface area contributed by atoms with Crippen molar-refractivity contribution in [3.8, 4) is 5.75 Å². The number of rotatable bonds is 3. The van der Waals surface area contributed by atoms with Gasteiger partial charge in [0.05, 0.1) is 13.2 Å². The molecule has 1 aromatic rings. The number of benzene rings is 1. The smallest absolute Gasteiger partial charge is 0.122 e. The monoisotopic (exact) mass is 252 g/mol. The van der Waals surface area contributed by atoms with E-state index in [0.29, 0.717) is 0 Å². The van der Waals surface area contributed by atoms with Crippen molar-refractivity contribution in [3.05, 3.63) is 40.4 Å². The van der Waals surface area contributed by atoms with E-state index in [1.165, 1.54) is 5.57 Å². The van der Waals surface area contributed by atoms with Crippen LogP contribution in [0.15, 0.2) is 29.8 Å². The second-order valence-corrected chi connectivity index (χ2v) is 4.85. The van der Waals surface area contributed by atoms with Crippen molar-refractivity contribution in [1.82, 2.24) is 0 Å². The average molecular weight is 253 g/mol. The molecule has 0 fully saturated rings. The molecule has 3 heteroatoms. The van der Waals surface area contributed by atoms with Crippen molar-refractivity contribution in [2.75, 3.05) is 7.11 Å². The van der Waals surface area contributed by atoms with Crippen LogP contribution in [0.2, 0.25) is 5.02 Å². The van der Waals surface area contributed by atoms with E-state index in [2.05, 4.69) is 0 Å². The van der Waals surface area contributed by atoms with Crippen LogP contribution < -0.4 is 4.74 Å². The Bertz CT molecular complexity index is 426. The zero-order valence-electron chi connectivity index (χ0n) is 9.95. The third-order valence-corrected chi connectivity index (χ3v) is 3.32. The summed E-state index contributed by atoms with van der Waals surface area (Å²) < 4.78 is 5.32. The molecule has 17 heavy (non-hydrogen) atoms. The highest BCUT2D eigenvalue weighted by Gasteiger charge is 2.13. The topological polar surface area (TPSA) is 29.5 Å². The van der Waals surface area contributed by atoms with Gasteiger partial charge in [0, 0.05) is 5.02 Å². The molecule has 1 aromatic carbocycles. The van der Waals surface area contributed by atoms with Crippen LogP contribution in [0, 0.1) is 0 Å². The van der Waals surface area contributed by atoms with E-state index < -0.39 is 0 Å². The molecule has 0 saturated heterocycles. The molecule has 1 N–H and O–H groups in total. The van der Waals surface area contributed by atoms with Gasteiger partial charge in [0.2, 0.25) is 0 Å². The average Bonchev–Trinajstić information content (AvgIpc) is 2.29. The molecule has 2 rings (SSSR count). The fourth-order valence-electron chi connectivity index (χ4n) is 2.25. The molecular formula is C14H17ClO2. The summed E-state index contributed by atoms with van der Waals surface area (Å²) in [6.07, 6.45) is 5.45. The Balaban J connectivity index is 2.20. The third kappa shape index (κ3) is 3.24. The van der Waals surface area contributed by atoms with Crippen molar-refractivity contribution in [2.24, 2.45) is 0 Å². The summed E-state index contributed by atoms with van der Waals surface area (Å²) in [5.41, 5.74) is 2.35. The lowest BCUT2D eigenvalue weighted by atomic mass is 9.92. The molecule has 0 spiro atoms. The molecule has 1 aliphatic carbocycles. The van der Waals surface area contributed by atoms with Crippen molar-refractivity contribution in [2.45, 2.75) is 31.8 Å². The van der Waals surface area contributed by atoms with Crippen molar-refractivity contribution in [1.29, 1.82) is 0 Å². The second kappa shape index (κ2) is 5.56. The number of allylic oxidation sites excluding steroid dienone is 1. The predicted molar refractivity (Wildman–Crippen MR) is 69.6 cm³/mol. The molecule has 1 atom stereocenters. The predicted octanol–water partition coefficient (Wildman–Crippen LogP) is 3.36. The van der Waals surface area contributed by atoms with Gasteiger partial charge in [0.1, 0.15) is 5.75 Å². The Morgan fingerprint density at radius 2 is 2.29 bits per heavy atom. The SMILES string of the molecule is COc1ccc(Cl)cc1CC1=CC(O)CCC1. The molecule has 0 radical (unpaired) electrons. The second-order valence-electron chi connectivity index (χ2n) is 4.42. The fourth-order valence-corrected chi connectivity index (χ4v) is 2.45. The van der Waals surface area contributed by atoms with Gasteiger partial charge in [0.25, 0.3) is 0 Å². The van der Waals surface area contributed by atoms with E-state index in [9.17, 15) is 5.11 Å². The summed E-state index contributed by atoms with van der Waals surface area (Å²) in [6, 6.07) is 5.65. The number of aliphatic hydroxyl groups is 1. The maximum Gasteiger partial charge on any atom is 0.122 e. The first-order valence-electron chi connectivity index (χ1n) is 5.89. The van der Waals surface area contributed by atoms with Crippen LogP contribution >= 0.6 is 11.6 Å². The molecule has 1 aliphatic rings.